The van der Waals surface area contributed by atoms with Crippen molar-refractivity contribution < 1.29 is 15.3 Å². The fourth-order valence-corrected chi connectivity index (χ4v) is 2.25. The van der Waals surface area contributed by atoms with Gasteiger partial charge in [-0.05, 0) is 38.0 Å². The Kier molecular flexibility index (Phi) is 3.61. The van der Waals surface area contributed by atoms with Gasteiger partial charge in [-0.15, -0.1) is 0 Å². The second-order valence-corrected chi connectivity index (χ2v) is 4.96. The van der Waals surface area contributed by atoms with Crippen LogP contribution in [0.3, 0.4) is 0 Å². The number of aliphatic hydroxyl groups is 3. The summed E-state index contributed by atoms with van der Waals surface area (Å²) in [5.41, 5.74) is 0. The molecular formula is C11H21NO3. The summed E-state index contributed by atoms with van der Waals surface area (Å²) in [5, 5.41) is 32.0. The summed E-state index contributed by atoms with van der Waals surface area (Å²) in [6.07, 6.45) is 2.75. The van der Waals surface area contributed by atoms with E-state index in [1.807, 2.05) is 0 Å². The minimum atomic E-state index is -0.653. The van der Waals surface area contributed by atoms with Crippen LogP contribution in [-0.2, 0) is 0 Å². The summed E-state index contributed by atoms with van der Waals surface area (Å²) in [5.74, 6) is 0.134. The van der Waals surface area contributed by atoms with Gasteiger partial charge in [0.25, 0.3) is 0 Å². The third-order valence-electron chi connectivity index (χ3n) is 3.56. The molecule has 0 spiro atoms. The van der Waals surface area contributed by atoms with Gasteiger partial charge in [-0.3, -0.25) is 0 Å². The molecule has 0 aromatic rings. The highest BCUT2D eigenvalue weighted by atomic mass is 16.3. The van der Waals surface area contributed by atoms with Crippen molar-refractivity contribution in [3.8, 4) is 0 Å². The molecule has 0 bridgehead atoms. The highest BCUT2D eigenvalue weighted by molar-refractivity contribution is 4.86. The van der Waals surface area contributed by atoms with E-state index in [2.05, 4.69) is 5.32 Å². The van der Waals surface area contributed by atoms with Crippen LogP contribution in [-0.4, -0.2) is 46.2 Å². The van der Waals surface area contributed by atoms with Crippen LogP contribution in [0.2, 0.25) is 0 Å². The Balaban J connectivity index is 1.71. The first-order chi connectivity index (χ1) is 7.16. The number of hydrogen-bond donors (Lipinski definition) is 4. The van der Waals surface area contributed by atoms with E-state index in [9.17, 15) is 15.3 Å². The van der Waals surface area contributed by atoms with Crippen molar-refractivity contribution in [3.63, 3.8) is 0 Å². The van der Waals surface area contributed by atoms with Crippen LogP contribution in [0.4, 0.5) is 0 Å². The molecule has 0 aromatic carbocycles. The summed E-state index contributed by atoms with van der Waals surface area (Å²) in [6, 6.07) is 0.610. The lowest BCUT2D eigenvalue weighted by Gasteiger charge is -2.33. The molecule has 4 heteroatoms. The highest BCUT2D eigenvalue weighted by Gasteiger charge is 2.32. The van der Waals surface area contributed by atoms with Crippen molar-refractivity contribution >= 4 is 0 Å². The molecule has 2 rings (SSSR count). The van der Waals surface area contributed by atoms with Crippen molar-refractivity contribution in [2.45, 2.75) is 56.5 Å². The van der Waals surface area contributed by atoms with Gasteiger partial charge >= 0.3 is 0 Å². The van der Waals surface area contributed by atoms with Crippen LogP contribution < -0.4 is 5.32 Å². The third kappa shape index (κ3) is 3.14. The smallest absolute Gasteiger partial charge is 0.0802 e. The average Bonchev–Trinajstić information content (AvgIpc) is 3.02. The molecule has 0 aromatic heterocycles. The predicted molar refractivity (Wildman–Crippen MR) is 56.4 cm³/mol. The lowest BCUT2D eigenvalue weighted by Crippen LogP contribution is -2.41. The molecule has 2 fully saturated rings. The van der Waals surface area contributed by atoms with Gasteiger partial charge in [0.15, 0.2) is 0 Å². The van der Waals surface area contributed by atoms with Gasteiger partial charge in [0.05, 0.1) is 18.3 Å². The van der Waals surface area contributed by atoms with Crippen molar-refractivity contribution in [3.05, 3.63) is 0 Å². The molecule has 4 unspecified atom stereocenters. The maximum Gasteiger partial charge on any atom is 0.0802 e. The molecule has 4 N–H and O–H groups in total. The average molecular weight is 215 g/mol. The largest absolute Gasteiger partial charge is 0.392 e. The molecule has 15 heavy (non-hydrogen) atoms. The Morgan fingerprint density at radius 1 is 1.07 bits per heavy atom. The van der Waals surface area contributed by atoms with Gasteiger partial charge in [-0.1, -0.05) is 0 Å². The van der Waals surface area contributed by atoms with E-state index in [4.69, 9.17) is 0 Å². The fraction of sp³-hybridized carbons (Fsp3) is 1.00. The molecule has 0 aliphatic heterocycles. The summed E-state index contributed by atoms with van der Waals surface area (Å²) in [4.78, 5) is 0. The molecule has 88 valence electrons. The van der Waals surface area contributed by atoms with Gasteiger partial charge in [0.2, 0.25) is 0 Å². The van der Waals surface area contributed by atoms with Crippen molar-refractivity contribution in [1.29, 1.82) is 0 Å². The standard InChI is InChI=1S/C11H21NO3/c13-9-4-1-7(5-10(9)14)11(15)6-12-8-2-3-8/h7-15H,1-6H2. The molecule has 0 radical (unpaired) electrons. The zero-order valence-corrected chi connectivity index (χ0v) is 8.97. The van der Waals surface area contributed by atoms with Crippen molar-refractivity contribution in [2.75, 3.05) is 6.54 Å². The minimum absolute atomic E-state index is 0.134. The molecule has 2 aliphatic rings. The molecule has 2 saturated carbocycles. The zero-order chi connectivity index (χ0) is 10.8. The summed E-state index contributed by atoms with van der Waals surface area (Å²) in [7, 11) is 0. The van der Waals surface area contributed by atoms with E-state index < -0.39 is 12.2 Å². The Hall–Kier alpha value is -0.160. The fourth-order valence-electron chi connectivity index (χ4n) is 2.25. The lowest BCUT2D eigenvalue weighted by atomic mass is 9.82. The maximum absolute atomic E-state index is 9.90. The van der Waals surface area contributed by atoms with E-state index in [1.54, 1.807) is 0 Å². The number of rotatable bonds is 4. The van der Waals surface area contributed by atoms with Crippen LogP contribution in [0.25, 0.3) is 0 Å². The summed E-state index contributed by atoms with van der Waals surface area (Å²) < 4.78 is 0. The van der Waals surface area contributed by atoms with Crippen molar-refractivity contribution in [2.24, 2.45) is 5.92 Å². The summed E-state index contributed by atoms with van der Waals surface area (Å²) >= 11 is 0. The van der Waals surface area contributed by atoms with Gasteiger partial charge in [-0.25, -0.2) is 0 Å². The van der Waals surface area contributed by atoms with E-state index >= 15 is 0 Å². The first kappa shape index (κ1) is 11.3. The van der Waals surface area contributed by atoms with Gasteiger partial charge in [0, 0.05) is 12.6 Å². The normalized spacial score (nSPS) is 39.0. The Morgan fingerprint density at radius 2 is 1.80 bits per heavy atom. The van der Waals surface area contributed by atoms with Gasteiger partial charge in [0.1, 0.15) is 0 Å². The highest BCUT2D eigenvalue weighted by Crippen LogP contribution is 2.27. The minimum Gasteiger partial charge on any atom is -0.392 e. The van der Waals surface area contributed by atoms with E-state index in [1.165, 1.54) is 12.8 Å². The molecule has 2 aliphatic carbocycles. The molecular weight excluding hydrogens is 194 g/mol. The van der Waals surface area contributed by atoms with E-state index in [0.29, 0.717) is 25.4 Å². The maximum atomic E-state index is 9.90. The second kappa shape index (κ2) is 4.78. The molecule has 0 heterocycles. The van der Waals surface area contributed by atoms with Crippen LogP contribution >= 0.6 is 0 Å². The third-order valence-corrected chi connectivity index (χ3v) is 3.56. The van der Waals surface area contributed by atoms with Crippen LogP contribution in [0, 0.1) is 5.92 Å². The monoisotopic (exact) mass is 215 g/mol. The second-order valence-electron chi connectivity index (χ2n) is 4.96. The lowest BCUT2D eigenvalue weighted by molar-refractivity contribution is -0.0490. The van der Waals surface area contributed by atoms with Gasteiger partial charge in [-0.2, -0.15) is 0 Å². The number of hydrogen-bond acceptors (Lipinski definition) is 4. The SMILES string of the molecule is OC1CCC(C(O)CNC2CC2)CC1O. The van der Waals surface area contributed by atoms with Gasteiger partial charge < -0.3 is 20.6 Å². The Bertz CT molecular complexity index is 208. The zero-order valence-electron chi connectivity index (χ0n) is 8.97. The number of aliphatic hydroxyl groups excluding tert-OH is 3. The van der Waals surface area contributed by atoms with Crippen LogP contribution in [0.1, 0.15) is 32.1 Å². The molecule has 0 amide bonds. The topological polar surface area (TPSA) is 72.7 Å². The molecule has 4 atom stereocenters. The van der Waals surface area contributed by atoms with E-state index in [-0.39, 0.29) is 12.0 Å². The molecule has 0 saturated heterocycles. The molecule has 4 nitrogen and oxygen atoms in total. The quantitative estimate of drug-likeness (QED) is 0.516. The van der Waals surface area contributed by atoms with Crippen LogP contribution in [0.15, 0.2) is 0 Å². The van der Waals surface area contributed by atoms with Crippen molar-refractivity contribution in [1.82, 2.24) is 5.32 Å². The Labute approximate surface area is 90.3 Å². The van der Waals surface area contributed by atoms with Crippen LogP contribution in [0.5, 0.6) is 0 Å². The first-order valence-electron chi connectivity index (χ1n) is 5.94. The van der Waals surface area contributed by atoms with E-state index in [0.717, 1.165) is 6.42 Å². The first-order valence-corrected chi connectivity index (χ1v) is 5.94. The Morgan fingerprint density at radius 3 is 2.40 bits per heavy atom. The summed E-state index contributed by atoms with van der Waals surface area (Å²) in [6.45, 7) is 0.623. The predicted octanol–water partition coefficient (Wildman–Crippen LogP) is -0.379. The number of nitrogens with one attached hydrogen (secondary N) is 1.